The van der Waals surface area contributed by atoms with Gasteiger partial charge in [0.05, 0.1) is 25.5 Å². The molecule has 0 N–H and O–H groups in total. The van der Waals surface area contributed by atoms with Crippen molar-refractivity contribution in [2.24, 2.45) is 0 Å². The molecule has 33 heavy (non-hydrogen) atoms. The number of likely N-dealkylation sites (tertiary alicyclic amines) is 1. The predicted octanol–water partition coefficient (Wildman–Crippen LogP) is 3.32. The van der Waals surface area contributed by atoms with E-state index < -0.39 is 0 Å². The molecule has 0 atom stereocenters. The number of hydrogen-bond donors (Lipinski definition) is 0. The predicted molar refractivity (Wildman–Crippen MR) is 128 cm³/mol. The van der Waals surface area contributed by atoms with Crippen LogP contribution in [0.25, 0.3) is 5.57 Å². The van der Waals surface area contributed by atoms with E-state index in [9.17, 15) is 9.59 Å². The van der Waals surface area contributed by atoms with Crippen LogP contribution in [0.15, 0.2) is 48.2 Å². The van der Waals surface area contributed by atoms with Crippen molar-refractivity contribution < 1.29 is 19.1 Å². The van der Waals surface area contributed by atoms with E-state index in [1.165, 1.54) is 4.90 Å². The second-order valence-electron chi connectivity index (χ2n) is 8.72. The molecule has 4 rings (SSSR count). The number of methoxy groups -OCH3 is 2. The van der Waals surface area contributed by atoms with E-state index in [1.807, 2.05) is 43.1 Å². The van der Waals surface area contributed by atoms with Crippen LogP contribution in [0.2, 0.25) is 0 Å². The van der Waals surface area contributed by atoms with Gasteiger partial charge < -0.3 is 19.3 Å². The van der Waals surface area contributed by atoms with Gasteiger partial charge in [-0.2, -0.15) is 0 Å². The van der Waals surface area contributed by atoms with Crippen molar-refractivity contribution in [3.63, 3.8) is 0 Å². The van der Waals surface area contributed by atoms with Gasteiger partial charge in [0.25, 0.3) is 11.8 Å². The van der Waals surface area contributed by atoms with Crippen molar-refractivity contribution in [1.29, 1.82) is 0 Å². The molecule has 0 aliphatic carbocycles. The summed E-state index contributed by atoms with van der Waals surface area (Å²) in [5, 5.41) is 0. The third-order valence-corrected chi connectivity index (χ3v) is 6.58. The first kappa shape index (κ1) is 22.9. The molecule has 2 aromatic rings. The third kappa shape index (κ3) is 4.20. The van der Waals surface area contributed by atoms with Crippen LogP contribution in [-0.2, 0) is 9.59 Å². The number of amides is 2. The Morgan fingerprint density at radius 2 is 1.64 bits per heavy atom. The number of likely N-dealkylation sites (N-methyl/N-ethyl adjacent to an activating group) is 1. The zero-order valence-corrected chi connectivity index (χ0v) is 19.9. The van der Waals surface area contributed by atoms with Crippen molar-refractivity contribution in [3.05, 3.63) is 59.3 Å². The molecule has 1 saturated heterocycles. The van der Waals surface area contributed by atoms with Gasteiger partial charge in [0.15, 0.2) is 11.5 Å². The lowest BCUT2D eigenvalue weighted by atomic mass is 10.00. The molecule has 0 aromatic heterocycles. The van der Waals surface area contributed by atoms with Gasteiger partial charge >= 0.3 is 0 Å². The first-order valence-electron chi connectivity index (χ1n) is 11.2. The summed E-state index contributed by atoms with van der Waals surface area (Å²) in [5.74, 6) is 0.460. The molecule has 1 fully saturated rings. The Kier molecular flexibility index (Phi) is 6.42. The lowest BCUT2D eigenvalue weighted by molar-refractivity contribution is -0.120. The summed E-state index contributed by atoms with van der Waals surface area (Å²) in [6.45, 7) is 3.86. The van der Waals surface area contributed by atoms with Gasteiger partial charge in [-0.25, -0.2) is 4.90 Å². The van der Waals surface area contributed by atoms with Gasteiger partial charge in [0, 0.05) is 13.1 Å². The fourth-order valence-corrected chi connectivity index (χ4v) is 4.66. The highest BCUT2D eigenvalue weighted by atomic mass is 16.5. The highest BCUT2D eigenvalue weighted by Crippen LogP contribution is 2.39. The number of carbonyl (C=O) groups is 2. The molecule has 7 nitrogen and oxygen atoms in total. The van der Waals surface area contributed by atoms with Gasteiger partial charge in [0.2, 0.25) is 0 Å². The van der Waals surface area contributed by atoms with E-state index in [-0.39, 0.29) is 17.9 Å². The van der Waals surface area contributed by atoms with Crippen LogP contribution in [0.4, 0.5) is 5.69 Å². The van der Waals surface area contributed by atoms with Crippen LogP contribution in [0.3, 0.4) is 0 Å². The van der Waals surface area contributed by atoms with E-state index in [0.29, 0.717) is 34.0 Å². The van der Waals surface area contributed by atoms with E-state index in [1.54, 1.807) is 32.4 Å². The van der Waals surface area contributed by atoms with Crippen molar-refractivity contribution in [2.45, 2.75) is 25.8 Å². The van der Waals surface area contributed by atoms with Crippen molar-refractivity contribution in [2.75, 3.05) is 46.3 Å². The zero-order valence-electron chi connectivity index (χ0n) is 19.9. The van der Waals surface area contributed by atoms with Crippen LogP contribution in [0.1, 0.15) is 24.0 Å². The zero-order chi connectivity index (χ0) is 23.7. The Balaban J connectivity index is 1.83. The fourth-order valence-electron chi connectivity index (χ4n) is 4.66. The highest BCUT2D eigenvalue weighted by Gasteiger charge is 2.43. The maximum absolute atomic E-state index is 13.8. The molecule has 0 radical (unpaired) electrons. The first-order chi connectivity index (χ1) is 15.8. The summed E-state index contributed by atoms with van der Waals surface area (Å²) in [4.78, 5) is 33.1. The van der Waals surface area contributed by atoms with Crippen LogP contribution in [0.5, 0.6) is 11.5 Å². The van der Waals surface area contributed by atoms with Gasteiger partial charge in [-0.05, 0) is 75.3 Å². The van der Waals surface area contributed by atoms with Gasteiger partial charge in [-0.3, -0.25) is 9.59 Å². The molecule has 0 saturated carbocycles. The number of rotatable bonds is 6. The minimum absolute atomic E-state index is 0.181. The number of aryl methyl sites for hydroxylation is 1. The molecular formula is C26H31N3O4. The smallest absolute Gasteiger partial charge is 0.282 e. The quantitative estimate of drug-likeness (QED) is 0.631. The number of hydrogen-bond acceptors (Lipinski definition) is 6. The Hall–Kier alpha value is -3.32. The molecule has 2 aliphatic rings. The van der Waals surface area contributed by atoms with E-state index in [2.05, 4.69) is 11.9 Å². The topological polar surface area (TPSA) is 62.3 Å². The molecule has 0 spiro atoms. The van der Waals surface area contributed by atoms with Crippen molar-refractivity contribution in [1.82, 2.24) is 9.80 Å². The average molecular weight is 450 g/mol. The van der Waals surface area contributed by atoms with Crippen molar-refractivity contribution in [3.8, 4) is 11.5 Å². The Labute approximate surface area is 195 Å². The van der Waals surface area contributed by atoms with E-state index >= 15 is 0 Å². The summed E-state index contributed by atoms with van der Waals surface area (Å²) < 4.78 is 10.8. The lowest BCUT2D eigenvalue weighted by Gasteiger charge is -2.36. The van der Waals surface area contributed by atoms with Crippen LogP contribution < -0.4 is 14.4 Å². The lowest BCUT2D eigenvalue weighted by Crippen LogP contribution is -2.43. The SMILES string of the molecule is COc1ccc(C2=C(N(C)C3CCN(C)CC3)C(=O)N(c3cccc(C)c3)C2=O)cc1OC. The second kappa shape index (κ2) is 9.27. The standard InChI is InChI=1S/C26H31N3O4/c1-17-7-6-8-20(15-17)29-25(30)23(18-9-10-21(32-4)22(16-18)33-5)24(26(29)31)28(3)19-11-13-27(2)14-12-19/h6-10,15-16,19H,11-14H2,1-5H3. The molecular weight excluding hydrogens is 418 g/mol. The van der Waals surface area contributed by atoms with Crippen molar-refractivity contribution >= 4 is 23.1 Å². The summed E-state index contributed by atoms with van der Waals surface area (Å²) in [6.07, 6.45) is 1.86. The maximum Gasteiger partial charge on any atom is 0.282 e. The van der Waals surface area contributed by atoms with Crippen LogP contribution >= 0.6 is 0 Å². The summed E-state index contributed by atoms with van der Waals surface area (Å²) >= 11 is 0. The average Bonchev–Trinajstić information content (AvgIpc) is 3.08. The Bertz CT molecular complexity index is 1100. The first-order valence-corrected chi connectivity index (χ1v) is 11.2. The van der Waals surface area contributed by atoms with Gasteiger partial charge in [-0.15, -0.1) is 0 Å². The molecule has 2 amide bonds. The number of benzene rings is 2. The number of anilines is 1. The van der Waals surface area contributed by atoms with E-state index in [0.717, 1.165) is 31.5 Å². The summed E-state index contributed by atoms with van der Waals surface area (Å²) in [6, 6.07) is 13.0. The number of carbonyl (C=O) groups excluding carboxylic acids is 2. The normalized spacial score (nSPS) is 17.7. The minimum atomic E-state index is -0.326. The van der Waals surface area contributed by atoms with E-state index in [4.69, 9.17) is 9.47 Å². The Morgan fingerprint density at radius 3 is 2.27 bits per heavy atom. The molecule has 2 aromatic carbocycles. The van der Waals surface area contributed by atoms with Gasteiger partial charge in [-0.1, -0.05) is 18.2 Å². The molecule has 0 unspecified atom stereocenters. The summed E-state index contributed by atoms with van der Waals surface area (Å²) in [5.41, 5.74) is 3.02. The van der Waals surface area contributed by atoms with Gasteiger partial charge in [0.1, 0.15) is 5.70 Å². The summed E-state index contributed by atoms with van der Waals surface area (Å²) in [7, 11) is 7.16. The monoisotopic (exact) mass is 449 g/mol. The molecule has 7 heteroatoms. The fraction of sp³-hybridized carbons (Fsp3) is 0.385. The van der Waals surface area contributed by atoms with Crippen LogP contribution in [0, 0.1) is 6.92 Å². The third-order valence-electron chi connectivity index (χ3n) is 6.58. The number of ether oxygens (including phenoxy) is 2. The molecule has 2 heterocycles. The Morgan fingerprint density at radius 1 is 0.939 bits per heavy atom. The number of nitrogens with zero attached hydrogens (tertiary/aromatic N) is 3. The minimum Gasteiger partial charge on any atom is -0.493 e. The highest BCUT2D eigenvalue weighted by molar-refractivity contribution is 6.45. The number of piperidine rings is 1. The molecule has 174 valence electrons. The maximum atomic E-state index is 13.8. The number of imide groups is 1. The van der Waals surface area contributed by atoms with Crippen LogP contribution in [-0.4, -0.2) is 69.1 Å². The molecule has 0 bridgehead atoms. The second-order valence-corrected chi connectivity index (χ2v) is 8.72. The largest absolute Gasteiger partial charge is 0.493 e. The molecule has 2 aliphatic heterocycles.